The highest BCUT2D eigenvalue weighted by atomic mass is 16.3. The highest BCUT2D eigenvalue weighted by Crippen LogP contribution is 2.17. The van der Waals surface area contributed by atoms with Crippen LogP contribution in [0.5, 0.6) is 0 Å². The normalized spacial score (nSPS) is 17.0. The molecule has 0 aromatic heterocycles. The third kappa shape index (κ3) is 1.90. The Morgan fingerprint density at radius 1 is 1.23 bits per heavy atom. The Bertz CT molecular complexity index is 285. The lowest BCUT2D eigenvalue weighted by molar-refractivity contribution is 0.184. The first-order valence-electron chi connectivity index (χ1n) is 4.80. The topological polar surface area (TPSA) is 23.5 Å². The van der Waals surface area contributed by atoms with Crippen molar-refractivity contribution in [2.75, 3.05) is 19.7 Å². The van der Waals surface area contributed by atoms with Crippen LogP contribution in [0.4, 0.5) is 0 Å². The molecule has 13 heavy (non-hydrogen) atoms. The summed E-state index contributed by atoms with van der Waals surface area (Å²) in [4.78, 5) is 2.29. The van der Waals surface area contributed by atoms with E-state index in [1.54, 1.807) is 0 Å². The smallest absolute Gasteiger partial charge is 0.0558 e. The quantitative estimate of drug-likeness (QED) is 0.729. The summed E-state index contributed by atoms with van der Waals surface area (Å²) in [5.74, 6) is 0. The summed E-state index contributed by atoms with van der Waals surface area (Å²) in [6.07, 6.45) is 1.12. The van der Waals surface area contributed by atoms with Crippen LogP contribution in [0.1, 0.15) is 11.1 Å². The number of aliphatic hydroxyl groups excluding tert-OH is 1. The van der Waals surface area contributed by atoms with Crippen molar-refractivity contribution >= 4 is 0 Å². The van der Waals surface area contributed by atoms with Crippen LogP contribution in [0, 0.1) is 0 Å². The molecule has 1 N–H and O–H groups in total. The molecule has 1 aliphatic rings. The maximum atomic E-state index is 8.82. The molecular formula is C11H15NO. The van der Waals surface area contributed by atoms with Gasteiger partial charge in [0.25, 0.3) is 0 Å². The maximum absolute atomic E-state index is 8.82. The first-order chi connectivity index (χ1) is 6.40. The standard InChI is InChI=1S/C11H15NO/c13-8-7-12-6-5-10-3-1-2-4-11(10)9-12/h1-4,13H,5-9H2. The Hall–Kier alpha value is -0.860. The van der Waals surface area contributed by atoms with Crippen molar-refractivity contribution in [1.29, 1.82) is 0 Å². The molecule has 2 nitrogen and oxygen atoms in total. The Morgan fingerprint density at radius 2 is 2.00 bits per heavy atom. The van der Waals surface area contributed by atoms with Gasteiger partial charge in [0.2, 0.25) is 0 Å². The summed E-state index contributed by atoms with van der Waals surface area (Å²) in [5.41, 5.74) is 2.89. The molecule has 70 valence electrons. The van der Waals surface area contributed by atoms with Crippen LogP contribution in [0.25, 0.3) is 0 Å². The molecule has 1 aliphatic heterocycles. The van der Waals surface area contributed by atoms with E-state index in [9.17, 15) is 0 Å². The highest BCUT2D eigenvalue weighted by Gasteiger charge is 2.14. The molecule has 2 rings (SSSR count). The average molecular weight is 177 g/mol. The predicted molar refractivity (Wildman–Crippen MR) is 52.5 cm³/mol. The summed E-state index contributed by atoms with van der Waals surface area (Å²) in [6.45, 7) is 3.14. The van der Waals surface area contributed by atoms with Crippen LogP contribution < -0.4 is 0 Å². The lowest BCUT2D eigenvalue weighted by Gasteiger charge is -2.27. The fourth-order valence-electron chi connectivity index (χ4n) is 1.89. The first kappa shape index (κ1) is 8.73. The first-order valence-corrected chi connectivity index (χ1v) is 4.80. The molecule has 1 heterocycles. The number of hydrogen-bond donors (Lipinski definition) is 1. The van der Waals surface area contributed by atoms with Gasteiger partial charge in [-0.15, -0.1) is 0 Å². The average Bonchev–Trinajstić information content (AvgIpc) is 2.18. The fraction of sp³-hybridized carbons (Fsp3) is 0.455. The zero-order valence-corrected chi connectivity index (χ0v) is 7.74. The van der Waals surface area contributed by atoms with Crippen molar-refractivity contribution in [2.24, 2.45) is 0 Å². The van der Waals surface area contributed by atoms with Crippen LogP contribution in [0.2, 0.25) is 0 Å². The predicted octanol–water partition coefficient (Wildman–Crippen LogP) is 1.04. The number of rotatable bonds is 2. The van der Waals surface area contributed by atoms with Crippen LogP contribution in [-0.2, 0) is 13.0 Å². The van der Waals surface area contributed by atoms with E-state index < -0.39 is 0 Å². The second-order valence-electron chi connectivity index (χ2n) is 3.52. The van der Waals surface area contributed by atoms with Gasteiger partial charge in [0.15, 0.2) is 0 Å². The van der Waals surface area contributed by atoms with Gasteiger partial charge in [0.1, 0.15) is 0 Å². The zero-order chi connectivity index (χ0) is 9.10. The van der Waals surface area contributed by atoms with Crippen LogP contribution in [-0.4, -0.2) is 29.7 Å². The van der Waals surface area contributed by atoms with E-state index in [0.717, 1.165) is 26.1 Å². The van der Waals surface area contributed by atoms with Gasteiger partial charge in [-0.05, 0) is 17.5 Å². The SMILES string of the molecule is OCCN1CCc2ccccc2C1. The molecule has 0 spiro atoms. The van der Waals surface area contributed by atoms with E-state index in [2.05, 4.69) is 29.2 Å². The van der Waals surface area contributed by atoms with Crippen LogP contribution in [0.3, 0.4) is 0 Å². The van der Waals surface area contributed by atoms with E-state index in [0.29, 0.717) is 0 Å². The summed E-state index contributed by atoms with van der Waals surface area (Å²) in [7, 11) is 0. The van der Waals surface area contributed by atoms with E-state index in [1.807, 2.05) is 0 Å². The number of hydrogen-bond acceptors (Lipinski definition) is 2. The van der Waals surface area contributed by atoms with E-state index in [4.69, 9.17) is 5.11 Å². The minimum atomic E-state index is 0.266. The molecule has 0 amide bonds. The number of aliphatic hydroxyl groups is 1. The van der Waals surface area contributed by atoms with Crippen LogP contribution in [0.15, 0.2) is 24.3 Å². The van der Waals surface area contributed by atoms with Crippen molar-refractivity contribution < 1.29 is 5.11 Å². The number of fused-ring (bicyclic) bond motifs is 1. The molecule has 0 unspecified atom stereocenters. The summed E-state index contributed by atoms with van der Waals surface area (Å²) in [6, 6.07) is 8.56. The molecule has 0 fully saturated rings. The highest BCUT2D eigenvalue weighted by molar-refractivity contribution is 5.28. The van der Waals surface area contributed by atoms with Gasteiger partial charge in [0, 0.05) is 19.6 Å². The second-order valence-corrected chi connectivity index (χ2v) is 3.52. The van der Waals surface area contributed by atoms with E-state index >= 15 is 0 Å². The minimum Gasteiger partial charge on any atom is -0.395 e. The van der Waals surface area contributed by atoms with Crippen molar-refractivity contribution in [2.45, 2.75) is 13.0 Å². The third-order valence-corrected chi connectivity index (χ3v) is 2.63. The molecule has 0 aliphatic carbocycles. The molecular weight excluding hydrogens is 162 g/mol. The summed E-state index contributed by atoms with van der Waals surface area (Å²) in [5, 5.41) is 8.82. The van der Waals surface area contributed by atoms with Crippen molar-refractivity contribution in [1.82, 2.24) is 4.90 Å². The van der Waals surface area contributed by atoms with Gasteiger partial charge in [-0.2, -0.15) is 0 Å². The fourth-order valence-corrected chi connectivity index (χ4v) is 1.89. The molecule has 1 aromatic rings. The lowest BCUT2D eigenvalue weighted by atomic mass is 10.0. The third-order valence-electron chi connectivity index (χ3n) is 2.63. The van der Waals surface area contributed by atoms with Gasteiger partial charge in [-0.25, -0.2) is 0 Å². The van der Waals surface area contributed by atoms with Crippen molar-refractivity contribution in [3.63, 3.8) is 0 Å². The molecule has 0 saturated carbocycles. The van der Waals surface area contributed by atoms with Gasteiger partial charge in [-0.1, -0.05) is 24.3 Å². The lowest BCUT2D eigenvalue weighted by Crippen LogP contribution is -2.32. The number of β-amino-alcohol motifs (C(OH)–C–C–N with tert-alkyl or cyclic N) is 1. The van der Waals surface area contributed by atoms with Crippen molar-refractivity contribution in [3.8, 4) is 0 Å². The number of benzene rings is 1. The molecule has 0 bridgehead atoms. The maximum Gasteiger partial charge on any atom is 0.0558 e. The molecule has 0 radical (unpaired) electrons. The zero-order valence-electron chi connectivity index (χ0n) is 7.74. The van der Waals surface area contributed by atoms with Gasteiger partial charge < -0.3 is 5.11 Å². The Morgan fingerprint density at radius 3 is 2.77 bits per heavy atom. The Kier molecular flexibility index (Phi) is 2.62. The van der Waals surface area contributed by atoms with E-state index in [-0.39, 0.29) is 6.61 Å². The van der Waals surface area contributed by atoms with Crippen molar-refractivity contribution in [3.05, 3.63) is 35.4 Å². The number of nitrogens with zero attached hydrogens (tertiary/aromatic N) is 1. The Balaban J connectivity index is 2.11. The molecule has 1 aromatic carbocycles. The molecule has 2 heteroatoms. The van der Waals surface area contributed by atoms with E-state index in [1.165, 1.54) is 11.1 Å². The summed E-state index contributed by atoms with van der Waals surface area (Å²) >= 11 is 0. The van der Waals surface area contributed by atoms with Gasteiger partial charge in [-0.3, -0.25) is 4.90 Å². The minimum absolute atomic E-state index is 0.266. The molecule has 0 atom stereocenters. The van der Waals surface area contributed by atoms with Gasteiger partial charge in [0.05, 0.1) is 6.61 Å². The summed E-state index contributed by atoms with van der Waals surface area (Å²) < 4.78 is 0. The Labute approximate surface area is 78.8 Å². The largest absolute Gasteiger partial charge is 0.395 e. The second kappa shape index (κ2) is 3.90. The molecule has 0 saturated heterocycles. The monoisotopic (exact) mass is 177 g/mol. The van der Waals surface area contributed by atoms with Crippen LogP contribution >= 0.6 is 0 Å². The van der Waals surface area contributed by atoms with Gasteiger partial charge >= 0.3 is 0 Å².